The molecule has 1 aliphatic heterocycles. The van der Waals surface area contributed by atoms with E-state index in [0.717, 1.165) is 17.8 Å². The van der Waals surface area contributed by atoms with Crippen molar-refractivity contribution in [1.82, 2.24) is 4.90 Å². The van der Waals surface area contributed by atoms with E-state index in [-0.39, 0.29) is 0 Å². The number of thioether (sulfide) groups is 1. The second-order valence-corrected chi connectivity index (χ2v) is 6.08. The number of rotatable bonds is 2. The number of hydrogen-bond donors (Lipinski definition) is 1. The molecule has 2 fully saturated rings. The van der Waals surface area contributed by atoms with Gasteiger partial charge in [-0.15, -0.1) is 0 Å². The second-order valence-electron chi connectivity index (χ2n) is 4.73. The van der Waals surface area contributed by atoms with Crippen LogP contribution in [-0.2, 0) is 0 Å². The van der Waals surface area contributed by atoms with Crippen molar-refractivity contribution < 1.29 is 0 Å². The van der Waals surface area contributed by atoms with Crippen molar-refractivity contribution in [2.24, 2.45) is 5.73 Å². The van der Waals surface area contributed by atoms with E-state index in [1.807, 2.05) is 0 Å². The summed E-state index contributed by atoms with van der Waals surface area (Å²) >= 11 is 2.20. The van der Waals surface area contributed by atoms with E-state index in [1.165, 1.54) is 38.0 Å². The molecule has 0 amide bonds. The number of nitrogens with two attached hydrogens (primary N) is 1. The van der Waals surface area contributed by atoms with Gasteiger partial charge in [0.05, 0.1) is 0 Å². The molecule has 0 spiro atoms. The predicted molar refractivity (Wildman–Crippen MR) is 63.7 cm³/mol. The summed E-state index contributed by atoms with van der Waals surface area (Å²) < 4.78 is 0. The summed E-state index contributed by atoms with van der Waals surface area (Å²) in [7, 11) is 0. The van der Waals surface area contributed by atoms with Crippen molar-refractivity contribution in [3.05, 3.63) is 0 Å². The second kappa shape index (κ2) is 4.86. The van der Waals surface area contributed by atoms with Crippen LogP contribution in [0.1, 0.15) is 32.6 Å². The molecule has 1 saturated carbocycles. The fourth-order valence-corrected chi connectivity index (χ4v) is 4.28. The topological polar surface area (TPSA) is 29.3 Å². The largest absolute Gasteiger partial charge is 0.327 e. The van der Waals surface area contributed by atoms with E-state index >= 15 is 0 Å². The van der Waals surface area contributed by atoms with Gasteiger partial charge in [-0.2, -0.15) is 11.8 Å². The minimum absolute atomic E-state index is 0.334. The lowest BCUT2D eigenvalue weighted by Crippen LogP contribution is -2.52. The van der Waals surface area contributed by atoms with Crippen LogP contribution in [0.15, 0.2) is 0 Å². The van der Waals surface area contributed by atoms with Crippen LogP contribution in [0.5, 0.6) is 0 Å². The zero-order valence-corrected chi connectivity index (χ0v) is 9.93. The molecule has 2 N–H and O–H groups in total. The minimum atomic E-state index is 0.334. The molecule has 3 unspecified atom stereocenters. The zero-order valence-electron chi connectivity index (χ0n) is 9.11. The number of fused-ring (bicyclic) bond motifs is 1. The van der Waals surface area contributed by atoms with Gasteiger partial charge in [0, 0.05) is 36.2 Å². The Kier molecular flexibility index (Phi) is 3.74. The molecule has 1 saturated heterocycles. The lowest BCUT2D eigenvalue weighted by atomic mass is 9.93. The molecule has 0 aromatic carbocycles. The Morgan fingerprint density at radius 2 is 2.21 bits per heavy atom. The molecule has 1 heterocycles. The van der Waals surface area contributed by atoms with Crippen LogP contribution < -0.4 is 5.73 Å². The highest BCUT2D eigenvalue weighted by Crippen LogP contribution is 2.35. The zero-order chi connectivity index (χ0) is 9.97. The summed E-state index contributed by atoms with van der Waals surface area (Å²) in [6.45, 7) is 4.48. The summed E-state index contributed by atoms with van der Waals surface area (Å²) in [5.41, 5.74) is 5.90. The lowest BCUT2D eigenvalue weighted by Gasteiger charge is -2.44. The summed E-state index contributed by atoms with van der Waals surface area (Å²) in [4.78, 5) is 2.64. The quantitative estimate of drug-likeness (QED) is 0.758. The fraction of sp³-hybridized carbons (Fsp3) is 1.00. The van der Waals surface area contributed by atoms with Crippen LogP contribution in [0.25, 0.3) is 0 Å². The third-order valence-corrected chi connectivity index (χ3v) is 4.77. The van der Waals surface area contributed by atoms with Crippen LogP contribution >= 0.6 is 11.8 Å². The molecule has 3 atom stereocenters. The van der Waals surface area contributed by atoms with Crippen molar-refractivity contribution in [3.63, 3.8) is 0 Å². The first-order valence-corrected chi connectivity index (χ1v) is 6.93. The Morgan fingerprint density at radius 1 is 1.43 bits per heavy atom. The summed E-state index contributed by atoms with van der Waals surface area (Å²) in [5, 5.41) is 0.913. The van der Waals surface area contributed by atoms with Gasteiger partial charge in [-0.3, -0.25) is 4.90 Å². The van der Waals surface area contributed by atoms with E-state index in [2.05, 4.69) is 23.6 Å². The van der Waals surface area contributed by atoms with Gasteiger partial charge >= 0.3 is 0 Å². The van der Waals surface area contributed by atoms with Crippen molar-refractivity contribution >= 4 is 11.8 Å². The van der Waals surface area contributed by atoms with Gasteiger partial charge in [-0.1, -0.05) is 12.8 Å². The van der Waals surface area contributed by atoms with E-state index < -0.39 is 0 Å². The average Bonchev–Trinajstić information content (AvgIpc) is 2.18. The maximum absolute atomic E-state index is 5.90. The minimum Gasteiger partial charge on any atom is -0.327 e. The fourth-order valence-electron chi connectivity index (χ4n) is 2.77. The van der Waals surface area contributed by atoms with E-state index in [9.17, 15) is 0 Å². The third-order valence-electron chi connectivity index (χ3n) is 3.37. The van der Waals surface area contributed by atoms with Gasteiger partial charge in [0.25, 0.3) is 0 Å². The molecule has 2 rings (SSSR count). The highest BCUT2D eigenvalue weighted by Gasteiger charge is 2.33. The smallest absolute Gasteiger partial charge is 0.0215 e. The average molecular weight is 214 g/mol. The highest BCUT2D eigenvalue weighted by molar-refractivity contribution is 8.00. The molecule has 0 bridgehead atoms. The van der Waals surface area contributed by atoms with Crippen molar-refractivity contribution in [2.75, 3.05) is 18.8 Å². The van der Waals surface area contributed by atoms with E-state index in [0.29, 0.717) is 6.04 Å². The van der Waals surface area contributed by atoms with Gasteiger partial charge in [-0.25, -0.2) is 0 Å². The predicted octanol–water partition coefficient (Wildman–Crippen LogP) is 1.69. The standard InChI is InChI=1S/C11H22N2S/c1-9(12)8-13-6-7-14-11-5-3-2-4-10(11)13/h9-11H,2-8,12H2,1H3. The molecular weight excluding hydrogens is 192 g/mol. The summed E-state index contributed by atoms with van der Waals surface area (Å²) in [6, 6.07) is 1.18. The Hall–Kier alpha value is 0.270. The number of hydrogen-bond acceptors (Lipinski definition) is 3. The van der Waals surface area contributed by atoms with E-state index in [4.69, 9.17) is 5.73 Å². The van der Waals surface area contributed by atoms with Crippen LogP contribution in [0.3, 0.4) is 0 Å². The van der Waals surface area contributed by atoms with Crippen LogP contribution in [0.2, 0.25) is 0 Å². The van der Waals surface area contributed by atoms with Crippen LogP contribution in [0.4, 0.5) is 0 Å². The van der Waals surface area contributed by atoms with Gasteiger partial charge in [-0.05, 0) is 19.8 Å². The summed E-state index contributed by atoms with van der Waals surface area (Å²) in [6.07, 6.45) is 5.71. The Bertz CT molecular complexity index is 182. The van der Waals surface area contributed by atoms with E-state index in [1.54, 1.807) is 0 Å². The lowest BCUT2D eigenvalue weighted by molar-refractivity contribution is 0.156. The maximum Gasteiger partial charge on any atom is 0.0215 e. The highest BCUT2D eigenvalue weighted by atomic mass is 32.2. The van der Waals surface area contributed by atoms with Crippen LogP contribution in [0, 0.1) is 0 Å². The van der Waals surface area contributed by atoms with Gasteiger partial charge in [0.1, 0.15) is 0 Å². The Morgan fingerprint density at radius 3 is 3.00 bits per heavy atom. The molecule has 0 radical (unpaired) electrons. The summed E-state index contributed by atoms with van der Waals surface area (Å²) in [5.74, 6) is 1.31. The van der Waals surface area contributed by atoms with Crippen molar-refractivity contribution in [2.45, 2.75) is 49.9 Å². The van der Waals surface area contributed by atoms with Gasteiger partial charge in [0.15, 0.2) is 0 Å². The Labute approximate surface area is 91.6 Å². The maximum atomic E-state index is 5.90. The normalized spacial score (nSPS) is 36.4. The molecule has 2 nitrogen and oxygen atoms in total. The molecular formula is C11H22N2S. The molecule has 82 valence electrons. The molecule has 1 aliphatic carbocycles. The SMILES string of the molecule is CC(N)CN1CCSC2CCCCC21. The molecule has 0 aromatic heterocycles. The van der Waals surface area contributed by atoms with Gasteiger partial charge in [0.2, 0.25) is 0 Å². The van der Waals surface area contributed by atoms with Crippen molar-refractivity contribution in [3.8, 4) is 0 Å². The monoisotopic (exact) mass is 214 g/mol. The molecule has 14 heavy (non-hydrogen) atoms. The van der Waals surface area contributed by atoms with Gasteiger partial charge < -0.3 is 5.73 Å². The first kappa shape index (κ1) is 10.8. The number of nitrogens with zero attached hydrogens (tertiary/aromatic N) is 1. The molecule has 2 aliphatic rings. The molecule has 3 heteroatoms. The third kappa shape index (κ3) is 2.44. The first-order valence-electron chi connectivity index (χ1n) is 5.88. The Balaban J connectivity index is 1.94. The van der Waals surface area contributed by atoms with Crippen LogP contribution in [-0.4, -0.2) is 41.1 Å². The van der Waals surface area contributed by atoms with Crippen molar-refractivity contribution in [1.29, 1.82) is 0 Å². The molecule has 0 aromatic rings. The first-order chi connectivity index (χ1) is 6.77.